The number of hydrogen-bond donors (Lipinski definition) is 1. The van der Waals surface area contributed by atoms with Gasteiger partial charge in [0.1, 0.15) is 0 Å². The molecule has 1 atom stereocenters. The molecular weight excluding hydrogens is 202 g/mol. The summed E-state index contributed by atoms with van der Waals surface area (Å²) in [6.07, 6.45) is -1.63. The molecule has 0 aromatic heterocycles. The van der Waals surface area contributed by atoms with Crippen LogP contribution in [0.15, 0.2) is 24.3 Å². The third kappa shape index (κ3) is 2.29. The zero-order chi connectivity index (χ0) is 11.4. The highest BCUT2D eigenvalue weighted by Crippen LogP contribution is 2.25. The molecule has 6 heteroatoms. The van der Waals surface area contributed by atoms with Crippen LogP contribution in [0, 0.1) is 10.1 Å². The molecule has 1 N–H and O–H groups in total. The molecule has 0 heterocycles. The van der Waals surface area contributed by atoms with E-state index in [4.69, 9.17) is 0 Å². The lowest BCUT2D eigenvalue weighted by atomic mass is 10.1. The number of esters is 1. The SMILES string of the molecule is COC(=O)C(O)c1ccccc1[N+](=O)[O-]. The van der Waals surface area contributed by atoms with E-state index in [0.29, 0.717) is 0 Å². The molecular formula is C9H9NO5. The molecule has 1 rings (SSSR count). The summed E-state index contributed by atoms with van der Waals surface area (Å²) in [6.45, 7) is 0. The number of methoxy groups -OCH3 is 1. The van der Waals surface area contributed by atoms with E-state index in [2.05, 4.69) is 4.74 Å². The maximum absolute atomic E-state index is 11.0. The molecule has 1 aromatic rings. The summed E-state index contributed by atoms with van der Waals surface area (Å²) in [5, 5.41) is 20.0. The second-order valence-corrected chi connectivity index (χ2v) is 2.74. The van der Waals surface area contributed by atoms with Gasteiger partial charge in [0.2, 0.25) is 0 Å². The standard InChI is InChI=1S/C9H9NO5/c1-15-9(12)8(11)6-4-2-3-5-7(6)10(13)14/h2-5,8,11H,1H3. The van der Waals surface area contributed by atoms with Gasteiger partial charge in [0, 0.05) is 6.07 Å². The molecule has 1 aromatic carbocycles. The van der Waals surface area contributed by atoms with Crippen LogP contribution in [0.2, 0.25) is 0 Å². The second kappa shape index (κ2) is 4.52. The predicted molar refractivity (Wildman–Crippen MR) is 50.1 cm³/mol. The van der Waals surface area contributed by atoms with E-state index < -0.39 is 17.0 Å². The summed E-state index contributed by atoms with van der Waals surface area (Å²) in [7, 11) is 1.10. The van der Waals surface area contributed by atoms with Crippen molar-refractivity contribution in [3.63, 3.8) is 0 Å². The Morgan fingerprint density at radius 1 is 1.53 bits per heavy atom. The van der Waals surface area contributed by atoms with Gasteiger partial charge >= 0.3 is 5.97 Å². The molecule has 0 fully saturated rings. The Bertz CT molecular complexity index is 390. The van der Waals surface area contributed by atoms with Gasteiger partial charge in [-0.2, -0.15) is 0 Å². The van der Waals surface area contributed by atoms with Crippen LogP contribution >= 0.6 is 0 Å². The minimum absolute atomic E-state index is 0.0747. The number of nitro benzene ring substituents is 1. The fourth-order valence-corrected chi connectivity index (χ4v) is 1.12. The number of benzene rings is 1. The van der Waals surface area contributed by atoms with Crippen LogP contribution < -0.4 is 0 Å². The summed E-state index contributed by atoms with van der Waals surface area (Å²) >= 11 is 0. The summed E-state index contributed by atoms with van der Waals surface area (Å²) in [6, 6.07) is 5.46. The first-order valence-corrected chi connectivity index (χ1v) is 4.07. The van der Waals surface area contributed by atoms with Crippen molar-refractivity contribution in [3.05, 3.63) is 39.9 Å². The van der Waals surface area contributed by atoms with Crippen LogP contribution in [0.1, 0.15) is 11.7 Å². The normalized spacial score (nSPS) is 11.9. The van der Waals surface area contributed by atoms with Gasteiger partial charge in [-0.1, -0.05) is 12.1 Å². The van der Waals surface area contributed by atoms with Crippen LogP contribution in [-0.2, 0) is 9.53 Å². The van der Waals surface area contributed by atoms with Crippen molar-refractivity contribution in [1.82, 2.24) is 0 Å². The summed E-state index contributed by atoms with van der Waals surface area (Å²) < 4.78 is 4.29. The summed E-state index contributed by atoms with van der Waals surface area (Å²) in [5.74, 6) is -0.927. The van der Waals surface area contributed by atoms with Crippen molar-refractivity contribution >= 4 is 11.7 Å². The first-order chi connectivity index (χ1) is 7.07. The van der Waals surface area contributed by atoms with Crippen molar-refractivity contribution in [2.75, 3.05) is 7.11 Å². The first-order valence-electron chi connectivity index (χ1n) is 4.07. The van der Waals surface area contributed by atoms with E-state index in [-0.39, 0.29) is 11.3 Å². The Balaban J connectivity index is 3.13. The number of nitro groups is 1. The van der Waals surface area contributed by atoms with E-state index in [0.717, 1.165) is 7.11 Å². The first kappa shape index (κ1) is 11.1. The molecule has 0 saturated carbocycles. The monoisotopic (exact) mass is 211 g/mol. The second-order valence-electron chi connectivity index (χ2n) is 2.74. The number of aliphatic hydroxyl groups is 1. The predicted octanol–water partition coefficient (Wildman–Crippen LogP) is 0.801. The Kier molecular flexibility index (Phi) is 3.35. The number of para-hydroxylation sites is 1. The number of carbonyl (C=O) groups excluding carboxylic acids is 1. The zero-order valence-electron chi connectivity index (χ0n) is 7.91. The minimum atomic E-state index is -1.63. The number of aliphatic hydroxyl groups excluding tert-OH is 1. The Hall–Kier alpha value is -1.95. The lowest BCUT2D eigenvalue weighted by molar-refractivity contribution is -0.386. The van der Waals surface area contributed by atoms with E-state index >= 15 is 0 Å². The number of nitrogens with zero attached hydrogens (tertiary/aromatic N) is 1. The largest absolute Gasteiger partial charge is 0.467 e. The molecule has 0 amide bonds. The van der Waals surface area contributed by atoms with Crippen molar-refractivity contribution in [1.29, 1.82) is 0 Å². The minimum Gasteiger partial charge on any atom is -0.467 e. The van der Waals surface area contributed by atoms with Gasteiger partial charge in [0.05, 0.1) is 17.6 Å². The topological polar surface area (TPSA) is 89.7 Å². The van der Waals surface area contributed by atoms with Crippen molar-refractivity contribution < 1.29 is 19.6 Å². The quantitative estimate of drug-likeness (QED) is 0.453. The maximum atomic E-state index is 11.0. The number of rotatable bonds is 3. The van der Waals surface area contributed by atoms with Crippen molar-refractivity contribution in [3.8, 4) is 0 Å². The van der Waals surface area contributed by atoms with Crippen LogP contribution in [-0.4, -0.2) is 23.1 Å². The highest BCUT2D eigenvalue weighted by atomic mass is 16.6. The molecule has 15 heavy (non-hydrogen) atoms. The number of hydrogen-bond acceptors (Lipinski definition) is 5. The third-order valence-corrected chi connectivity index (χ3v) is 1.85. The van der Waals surface area contributed by atoms with E-state index in [1.165, 1.54) is 24.3 Å². The number of carbonyl (C=O) groups is 1. The molecule has 0 aliphatic rings. The van der Waals surface area contributed by atoms with Gasteiger partial charge in [-0.25, -0.2) is 4.79 Å². The number of ether oxygens (including phenoxy) is 1. The van der Waals surface area contributed by atoms with E-state index in [1.807, 2.05) is 0 Å². The van der Waals surface area contributed by atoms with Crippen molar-refractivity contribution in [2.45, 2.75) is 6.10 Å². The van der Waals surface area contributed by atoms with Gasteiger partial charge in [-0.3, -0.25) is 10.1 Å². The molecule has 0 spiro atoms. The lowest BCUT2D eigenvalue weighted by Crippen LogP contribution is -2.14. The third-order valence-electron chi connectivity index (χ3n) is 1.85. The highest BCUT2D eigenvalue weighted by Gasteiger charge is 2.25. The Morgan fingerprint density at radius 3 is 2.67 bits per heavy atom. The van der Waals surface area contributed by atoms with Crippen LogP contribution in [0.3, 0.4) is 0 Å². The fourth-order valence-electron chi connectivity index (χ4n) is 1.12. The summed E-state index contributed by atoms with van der Waals surface area (Å²) in [4.78, 5) is 20.9. The molecule has 1 unspecified atom stereocenters. The molecule has 0 aliphatic heterocycles. The van der Waals surface area contributed by atoms with Gasteiger partial charge in [0.25, 0.3) is 5.69 Å². The van der Waals surface area contributed by atoms with Gasteiger partial charge < -0.3 is 9.84 Å². The molecule has 0 radical (unpaired) electrons. The van der Waals surface area contributed by atoms with Crippen LogP contribution in [0.4, 0.5) is 5.69 Å². The van der Waals surface area contributed by atoms with Crippen LogP contribution in [0.5, 0.6) is 0 Å². The average molecular weight is 211 g/mol. The molecule has 0 aliphatic carbocycles. The smallest absolute Gasteiger partial charge is 0.339 e. The molecule has 0 saturated heterocycles. The Morgan fingerprint density at radius 2 is 2.13 bits per heavy atom. The Labute approximate surface area is 85.2 Å². The molecule has 80 valence electrons. The molecule has 0 bridgehead atoms. The average Bonchev–Trinajstić information content (AvgIpc) is 2.27. The summed E-state index contributed by atoms with van der Waals surface area (Å²) in [5.41, 5.74) is -0.384. The fraction of sp³-hybridized carbons (Fsp3) is 0.222. The van der Waals surface area contributed by atoms with E-state index in [1.54, 1.807) is 0 Å². The highest BCUT2D eigenvalue weighted by molar-refractivity contribution is 5.77. The van der Waals surface area contributed by atoms with Gasteiger partial charge in [-0.05, 0) is 6.07 Å². The van der Waals surface area contributed by atoms with E-state index in [9.17, 15) is 20.0 Å². The maximum Gasteiger partial charge on any atom is 0.339 e. The van der Waals surface area contributed by atoms with Crippen LogP contribution in [0.25, 0.3) is 0 Å². The zero-order valence-corrected chi connectivity index (χ0v) is 7.91. The van der Waals surface area contributed by atoms with Gasteiger partial charge in [-0.15, -0.1) is 0 Å². The van der Waals surface area contributed by atoms with Crippen molar-refractivity contribution in [2.24, 2.45) is 0 Å². The lowest BCUT2D eigenvalue weighted by Gasteiger charge is -2.08. The molecule has 6 nitrogen and oxygen atoms in total. The van der Waals surface area contributed by atoms with Gasteiger partial charge in [0.15, 0.2) is 6.10 Å².